The Bertz CT molecular complexity index is 923. The van der Waals surface area contributed by atoms with Gasteiger partial charge in [-0.1, -0.05) is 12.1 Å². The van der Waals surface area contributed by atoms with Crippen LogP contribution < -0.4 is 10.1 Å². The predicted molar refractivity (Wildman–Crippen MR) is 126 cm³/mol. The summed E-state index contributed by atoms with van der Waals surface area (Å²) in [7, 11) is 1.57. The highest BCUT2D eigenvalue weighted by atomic mass is 16.5. The number of ether oxygens (including phenoxy) is 3. The van der Waals surface area contributed by atoms with Crippen molar-refractivity contribution in [3.05, 3.63) is 41.1 Å². The number of hydrogen-bond donors (Lipinski definition) is 1. The summed E-state index contributed by atoms with van der Waals surface area (Å²) in [5, 5.41) is 2.97. The van der Waals surface area contributed by atoms with Gasteiger partial charge in [0, 0.05) is 18.8 Å². The van der Waals surface area contributed by atoms with Crippen LogP contribution in [0.2, 0.25) is 0 Å². The number of urea groups is 1. The van der Waals surface area contributed by atoms with Crippen molar-refractivity contribution in [2.75, 3.05) is 46.5 Å². The summed E-state index contributed by atoms with van der Waals surface area (Å²) in [6, 6.07) is 6.39. The van der Waals surface area contributed by atoms with Gasteiger partial charge in [0.15, 0.2) is 0 Å². The molecular formula is C25H35N3O6. The van der Waals surface area contributed by atoms with Crippen LogP contribution in [-0.4, -0.2) is 74.3 Å². The minimum absolute atomic E-state index is 0.115. The first-order valence-electron chi connectivity index (χ1n) is 11.9. The first-order chi connectivity index (χ1) is 16.4. The molecule has 2 aliphatic rings. The van der Waals surface area contributed by atoms with Crippen LogP contribution in [0.3, 0.4) is 0 Å². The van der Waals surface area contributed by atoms with Gasteiger partial charge in [0.05, 0.1) is 37.9 Å². The van der Waals surface area contributed by atoms with Crippen LogP contribution in [0.15, 0.2) is 35.5 Å². The molecule has 0 spiro atoms. The second kappa shape index (κ2) is 11.9. The number of hydrogen-bond acceptors (Lipinski definition) is 7. The summed E-state index contributed by atoms with van der Waals surface area (Å²) >= 11 is 0. The van der Waals surface area contributed by atoms with Crippen molar-refractivity contribution in [1.82, 2.24) is 15.1 Å². The first kappa shape index (κ1) is 25.6. The zero-order chi connectivity index (χ0) is 24.7. The molecule has 1 aromatic rings. The summed E-state index contributed by atoms with van der Waals surface area (Å²) in [5.74, 6) is -0.0873. The Balaban J connectivity index is 1.94. The van der Waals surface area contributed by atoms with Crippen molar-refractivity contribution in [3.8, 4) is 5.75 Å². The van der Waals surface area contributed by atoms with Crippen LogP contribution >= 0.6 is 0 Å². The number of likely N-dealkylation sites (N-methyl/N-ethyl adjacent to an activating group) is 1. The van der Waals surface area contributed by atoms with Crippen LogP contribution in [-0.2, 0) is 19.1 Å². The monoisotopic (exact) mass is 473 g/mol. The van der Waals surface area contributed by atoms with Crippen molar-refractivity contribution in [3.63, 3.8) is 0 Å². The Labute approximate surface area is 201 Å². The van der Waals surface area contributed by atoms with Gasteiger partial charge in [-0.05, 0) is 64.4 Å². The second-order valence-electron chi connectivity index (χ2n) is 8.29. The van der Waals surface area contributed by atoms with E-state index < -0.39 is 12.0 Å². The maximum atomic E-state index is 13.2. The molecule has 1 N–H and O–H groups in total. The Morgan fingerprint density at radius 2 is 1.79 bits per heavy atom. The average molecular weight is 474 g/mol. The summed E-state index contributed by atoms with van der Waals surface area (Å²) in [6.45, 7) is 8.21. The number of benzene rings is 1. The minimum Gasteiger partial charge on any atom is -0.497 e. The third kappa shape index (κ3) is 5.70. The number of methoxy groups -OCH3 is 1. The fourth-order valence-electron chi connectivity index (χ4n) is 4.53. The molecule has 1 fully saturated rings. The molecule has 2 aliphatic heterocycles. The van der Waals surface area contributed by atoms with Crippen LogP contribution in [0.5, 0.6) is 5.75 Å². The first-order valence-corrected chi connectivity index (χ1v) is 11.9. The van der Waals surface area contributed by atoms with Gasteiger partial charge in [-0.15, -0.1) is 0 Å². The Kier molecular flexibility index (Phi) is 8.92. The number of rotatable bonds is 9. The summed E-state index contributed by atoms with van der Waals surface area (Å²) < 4.78 is 16.0. The zero-order valence-electron chi connectivity index (χ0n) is 20.5. The largest absolute Gasteiger partial charge is 0.497 e. The number of piperidine rings is 1. The topological polar surface area (TPSA) is 97.4 Å². The van der Waals surface area contributed by atoms with Gasteiger partial charge in [-0.3, -0.25) is 14.6 Å². The third-order valence-corrected chi connectivity index (χ3v) is 6.26. The molecular weight excluding hydrogens is 438 g/mol. The summed E-state index contributed by atoms with van der Waals surface area (Å²) in [4.78, 5) is 42.2. The molecule has 0 bridgehead atoms. The van der Waals surface area contributed by atoms with E-state index in [0.717, 1.165) is 5.56 Å². The quantitative estimate of drug-likeness (QED) is 0.551. The molecule has 0 unspecified atom stereocenters. The van der Waals surface area contributed by atoms with Gasteiger partial charge in [0.25, 0.3) is 0 Å². The fourth-order valence-corrected chi connectivity index (χ4v) is 4.53. The van der Waals surface area contributed by atoms with E-state index >= 15 is 0 Å². The molecule has 2 heterocycles. The smallest absolute Gasteiger partial charge is 0.338 e. The average Bonchev–Trinajstić information content (AvgIpc) is 2.84. The molecule has 3 rings (SSSR count). The lowest BCUT2D eigenvalue weighted by molar-refractivity contribution is -0.149. The molecule has 186 valence electrons. The lowest BCUT2D eigenvalue weighted by Gasteiger charge is -2.39. The Morgan fingerprint density at radius 1 is 1.09 bits per heavy atom. The molecule has 9 nitrogen and oxygen atoms in total. The van der Waals surface area contributed by atoms with E-state index in [1.807, 2.05) is 38.1 Å². The third-order valence-electron chi connectivity index (χ3n) is 6.26. The van der Waals surface area contributed by atoms with E-state index in [9.17, 15) is 14.4 Å². The Hall–Kier alpha value is -3.07. The fraction of sp³-hybridized carbons (Fsp3) is 0.560. The van der Waals surface area contributed by atoms with Crippen molar-refractivity contribution < 1.29 is 28.6 Å². The molecule has 1 saturated heterocycles. The van der Waals surface area contributed by atoms with Crippen molar-refractivity contribution >= 4 is 18.0 Å². The highest BCUT2D eigenvalue weighted by molar-refractivity contribution is 5.95. The number of amides is 2. The van der Waals surface area contributed by atoms with E-state index in [4.69, 9.17) is 14.2 Å². The second-order valence-corrected chi connectivity index (χ2v) is 8.29. The number of carbonyl (C=O) groups is 3. The lowest BCUT2D eigenvalue weighted by atomic mass is 9.93. The van der Waals surface area contributed by atoms with Gasteiger partial charge in [0.1, 0.15) is 5.75 Å². The number of esters is 2. The van der Waals surface area contributed by atoms with Gasteiger partial charge in [-0.25, -0.2) is 9.59 Å². The van der Waals surface area contributed by atoms with Gasteiger partial charge < -0.3 is 19.5 Å². The van der Waals surface area contributed by atoms with E-state index in [0.29, 0.717) is 62.6 Å². The van der Waals surface area contributed by atoms with Crippen LogP contribution in [0, 0.1) is 5.92 Å². The number of carbonyl (C=O) groups excluding carboxylic acids is 3. The molecule has 0 radical (unpaired) electrons. The SMILES string of the molecule is CCOC(=O)C1=C(CN2CCC(C(=O)OCC)CC2)N(CC)C(=O)N[C@@H]1c1cccc(OC)c1. The zero-order valence-corrected chi connectivity index (χ0v) is 20.5. The van der Waals surface area contributed by atoms with E-state index in [1.54, 1.807) is 18.9 Å². The molecule has 0 aliphatic carbocycles. The van der Waals surface area contributed by atoms with Crippen LogP contribution in [0.1, 0.15) is 45.2 Å². The van der Waals surface area contributed by atoms with E-state index in [1.165, 1.54) is 0 Å². The van der Waals surface area contributed by atoms with Crippen molar-refractivity contribution in [2.24, 2.45) is 5.92 Å². The van der Waals surface area contributed by atoms with E-state index in [-0.39, 0.29) is 24.5 Å². The van der Waals surface area contributed by atoms with Crippen LogP contribution in [0.4, 0.5) is 4.79 Å². The van der Waals surface area contributed by atoms with Crippen molar-refractivity contribution in [2.45, 2.75) is 39.7 Å². The maximum absolute atomic E-state index is 13.2. The molecule has 34 heavy (non-hydrogen) atoms. The summed E-state index contributed by atoms with van der Waals surface area (Å²) in [5.41, 5.74) is 1.79. The predicted octanol–water partition coefficient (Wildman–Crippen LogP) is 2.87. The van der Waals surface area contributed by atoms with E-state index in [2.05, 4.69) is 10.2 Å². The number of likely N-dealkylation sites (tertiary alicyclic amines) is 1. The highest BCUT2D eigenvalue weighted by Crippen LogP contribution is 2.34. The molecule has 2 amide bonds. The summed E-state index contributed by atoms with van der Waals surface area (Å²) in [6.07, 6.45) is 1.36. The standard InChI is InChI=1S/C25H35N3O6/c1-5-28-20(16-27-13-11-17(12-14-27)23(29)33-6-2)21(24(30)34-7-3)22(26-25(28)31)18-9-8-10-19(15-18)32-4/h8-10,15,17,22H,5-7,11-14,16H2,1-4H3,(H,26,31)/t22-/m1/s1. The lowest BCUT2D eigenvalue weighted by Crippen LogP contribution is -2.51. The molecule has 0 saturated carbocycles. The maximum Gasteiger partial charge on any atom is 0.338 e. The minimum atomic E-state index is -0.656. The highest BCUT2D eigenvalue weighted by Gasteiger charge is 2.39. The Morgan fingerprint density at radius 3 is 2.41 bits per heavy atom. The van der Waals surface area contributed by atoms with Gasteiger partial charge >= 0.3 is 18.0 Å². The molecule has 1 atom stereocenters. The van der Waals surface area contributed by atoms with Crippen molar-refractivity contribution in [1.29, 1.82) is 0 Å². The molecule has 0 aromatic heterocycles. The molecule has 1 aromatic carbocycles. The van der Waals surface area contributed by atoms with Crippen LogP contribution in [0.25, 0.3) is 0 Å². The normalized spacial score (nSPS) is 19.6. The number of nitrogens with zero attached hydrogens (tertiary/aromatic N) is 2. The van der Waals surface area contributed by atoms with Gasteiger partial charge in [-0.2, -0.15) is 0 Å². The molecule has 9 heteroatoms. The van der Waals surface area contributed by atoms with Gasteiger partial charge in [0.2, 0.25) is 0 Å². The number of nitrogens with one attached hydrogen (secondary N) is 1.